The third-order valence-electron chi connectivity index (χ3n) is 5.63. The molecular weight excluding hydrogens is 364 g/mol. The molecule has 2 aliphatic rings. The molecule has 2 atom stereocenters. The van der Waals surface area contributed by atoms with Gasteiger partial charge < -0.3 is 10.6 Å². The van der Waals surface area contributed by atoms with Gasteiger partial charge in [-0.05, 0) is 49.1 Å². The van der Waals surface area contributed by atoms with Gasteiger partial charge in [0, 0.05) is 27.4 Å². The number of hydrogen-bond acceptors (Lipinski definition) is 4. The van der Waals surface area contributed by atoms with Crippen LogP contribution >= 0.6 is 11.3 Å². The third-order valence-corrected chi connectivity index (χ3v) is 6.69. The minimum atomic E-state index is -0.103. The second kappa shape index (κ2) is 6.95. The van der Waals surface area contributed by atoms with E-state index in [-0.39, 0.29) is 17.7 Å². The quantitative estimate of drug-likeness (QED) is 0.564. The molecule has 2 heterocycles. The zero-order valence-electron chi connectivity index (χ0n) is 15.7. The molecule has 0 amide bonds. The van der Waals surface area contributed by atoms with E-state index < -0.39 is 0 Å². The summed E-state index contributed by atoms with van der Waals surface area (Å²) in [7, 11) is 0. The molecule has 0 saturated heterocycles. The molecule has 0 bridgehead atoms. The first-order chi connectivity index (χ1) is 13.7. The summed E-state index contributed by atoms with van der Waals surface area (Å²) in [5.41, 5.74) is 5.26. The highest BCUT2D eigenvalue weighted by Gasteiger charge is 2.36. The van der Waals surface area contributed by atoms with Gasteiger partial charge in [-0.3, -0.25) is 4.79 Å². The number of allylic oxidation sites excluding steroid dienone is 1. The Kier molecular flexibility index (Phi) is 4.29. The van der Waals surface area contributed by atoms with Crippen LogP contribution in [-0.4, -0.2) is 5.78 Å². The molecule has 0 saturated carbocycles. The SMILES string of the molecule is Cc1ccc(C2Nc3ccccc3NC3=C2C(=O)CC(c2ccccc2)C3)s1. The number of ketones is 1. The summed E-state index contributed by atoms with van der Waals surface area (Å²) in [6, 6.07) is 22.8. The predicted molar refractivity (Wildman–Crippen MR) is 116 cm³/mol. The summed E-state index contributed by atoms with van der Waals surface area (Å²) in [5, 5.41) is 7.24. The number of Topliss-reactive ketones (excluding diaryl/α,β-unsaturated/α-hetero) is 1. The fourth-order valence-electron chi connectivity index (χ4n) is 4.28. The van der Waals surface area contributed by atoms with Crippen molar-refractivity contribution >= 4 is 28.5 Å². The maximum atomic E-state index is 13.4. The van der Waals surface area contributed by atoms with Crippen LogP contribution in [0.3, 0.4) is 0 Å². The summed E-state index contributed by atoms with van der Waals surface area (Å²) in [6.07, 6.45) is 1.41. The molecule has 0 radical (unpaired) electrons. The molecule has 5 rings (SSSR count). The minimum Gasteiger partial charge on any atom is -0.372 e. The number of hydrogen-bond donors (Lipinski definition) is 2. The van der Waals surface area contributed by atoms with Crippen molar-refractivity contribution in [1.29, 1.82) is 0 Å². The molecule has 2 N–H and O–H groups in total. The highest BCUT2D eigenvalue weighted by molar-refractivity contribution is 7.12. The predicted octanol–water partition coefficient (Wildman–Crippen LogP) is 6.04. The van der Waals surface area contributed by atoms with Crippen LogP contribution in [0.1, 0.15) is 40.1 Å². The molecule has 1 aromatic heterocycles. The van der Waals surface area contributed by atoms with Gasteiger partial charge in [0.25, 0.3) is 0 Å². The average molecular weight is 387 g/mol. The molecule has 2 unspecified atom stereocenters. The normalized spacial score (nSPS) is 21.2. The van der Waals surface area contributed by atoms with Crippen molar-refractivity contribution in [2.75, 3.05) is 10.6 Å². The number of carbonyl (C=O) groups is 1. The monoisotopic (exact) mass is 386 g/mol. The number of benzene rings is 2. The van der Waals surface area contributed by atoms with Crippen LogP contribution < -0.4 is 10.6 Å². The lowest BCUT2D eigenvalue weighted by Gasteiger charge is -2.29. The number of carbonyl (C=O) groups excluding carboxylic acids is 1. The number of thiophene rings is 1. The van der Waals surface area contributed by atoms with E-state index in [1.165, 1.54) is 15.3 Å². The molecule has 1 aliphatic carbocycles. The van der Waals surface area contributed by atoms with Crippen LogP contribution in [0, 0.1) is 6.92 Å². The van der Waals surface area contributed by atoms with Gasteiger partial charge in [-0.2, -0.15) is 0 Å². The summed E-state index contributed by atoms with van der Waals surface area (Å²) < 4.78 is 0. The smallest absolute Gasteiger partial charge is 0.163 e. The van der Waals surface area contributed by atoms with Gasteiger partial charge in [-0.1, -0.05) is 42.5 Å². The molecule has 4 heteroatoms. The standard InChI is InChI=1S/C24H22N2OS/c1-15-11-12-22(28-15)24-23-20(25-18-9-5-6-10-19(18)26-24)13-17(14-21(23)27)16-7-3-2-4-8-16/h2-12,17,24-26H,13-14H2,1H3. The van der Waals surface area contributed by atoms with Gasteiger partial charge in [0.1, 0.15) is 0 Å². The average Bonchev–Trinajstić information content (AvgIpc) is 3.06. The van der Waals surface area contributed by atoms with Crippen molar-refractivity contribution in [1.82, 2.24) is 0 Å². The van der Waals surface area contributed by atoms with Gasteiger partial charge in [0.15, 0.2) is 5.78 Å². The Morgan fingerprint density at radius 3 is 2.39 bits per heavy atom. The van der Waals surface area contributed by atoms with Crippen molar-refractivity contribution in [2.24, 2.45) is 0 Å². The molecule has 28 heavy (non-hydrogen) atoms. The highest BCUT2D eigenvalue weighted by Crippen LogP contribution is 2.45. The summed E-state index contributed by atoms with van der Waals surface area (Å²) in [6.45, 7) is 2.11. The van der Waals surface area contributed by atoms with Crippen molar-refractivity contribution in [3.05, 3.63) is 93.3 Å². The van der Waals surface area contributed by atoms with Crippen LogP contribution in [0.4, 0.5) is 11.4 Å². The fourth-order valence-corrected chi connectivity index (χ4v) is 5.21. The number of aryl methyl sites for hydroxylation is 1. The molecule has 0 spiro atoms. The highest BCUT2D eigenvalue weighted by atomic mass is 32.1. The zero-order chi connectivity index (χ0) is 19.1. The lowest BCUT2D eigenvalue weighted by Crippen LogP contribution is -2.26. The fraction of sp³-hybridized carbons (Fsp3) is 0.208. The summed E-state index contributed by atoms with van der Waals surface area (Å²) in [5.74, 6) is 0.454. The molecule has 3 nitrogen and oxygen atoms in total. The molecule has 140 valence electrons. The molecule has 3 aromatic rings. The van der Waals surface area contributed by atoms with Crippen molar-refractivity contribution < 1.29 is 4.79 Å². The second-order valence-corrected chi connectivity index (χ2v) is 8.85. The number of para-hydroxylation sites is 2. The van der Waals surface area contributed by atoms with Crippen LogP contribution in [0.2, 0.25) is 0 Å². The molecule has 2 aromatic carbocycles. The maximum Gasteiger partial charge on any atom is 0.163 e. The minimum absolute atomic E-state index is 0.103. The topological polar surface area (TPSA) is 41.1 Å². The van der Waals surface area contributed by atoms with E-state index in [1.54, 1.807) is 11.3 Å². The van der Waals surface area contributed by atoms with Gasteiger partial charge >= 0.3 is 0 Å². The Hall–Kier alpha value is -2.85. The maximum absolute atomic E-state index is 13.4. The van der Waals surface area contributed by atoms with Crippen molar-refractivity contribution in [2.45, 2.75) is 31.7 Å². The lowest BCUT2D eigenvalue weighted by atomic mass is 9.79. The van der Waals surface area contributed by atoms with Gasteiger partial charge in [-0.15, -0.1) is 11.3 Å². The Bertz CT molecular complexity index is 1070. The van der Waals surface area contributed by atoms with Crippen molar-refractivity contribution in [3.8, 4) is 0 Å². The van der Waals surface area contributed by atoms with E-state index >= 15 is 0 Å². The van der Waals surface area contributed by atoms with E-state index in [2.05, 4.69) is 66.1 Å². The largest absolute Gasteiger partial charge is 0.372 e. The van der Waals surface area contributed by atoms with Crippen LogP contribution in [0.15, 0.2) is 78.0 Å². The van der Waals surface area contributed by atoms with E-state index in [0.29, 0.717) is 6.42 Å². The number of anilines is 2. The zero-order valence-corrected chi connectivity index (χ0v) is 16.6. The van der Waals surface area contributed by atoms with Crippen molar-refractivity contribution in [3.63, 3.8) is 0 Å². The van der Waals surface area contributed by atoms with Crippen LogP contribution in [0.25, 0.3) is 0 Å². The van der Waals surface area contributed by atoms with Crippen LogP contribution in [0.5, 0.6) is 0 Å². The first-order valence-corrected chi connectivity index (χ1v) is 10.5. The van der Waals surface area contributed by atoms with E-state index in [9.17, 15) is 4.79 Å². The molecular formula is C24H22N2OS. The Morgan fingerprint density at radius 1 is 0.893 bits per heavy atom. The number of rotatable bonds is 2. The number of nitrogens with one attached hydrogen (secondary N) is 2. The molecule has 0 fully saturated rings. The Morgan fingerprint density at radius 2 is 1.64 bits per heavy atom. The molecule has 1 aliphatic heterocycles. The van der Waals surface area contributed by atoms with Crippen LogP contribution in [-0.2, 0) is 4.79 Å². The summed E-state index contributed by atoms with van der Waals surface area (Å²) >= 11 is 1.76. The van der Waals surface area contributed by atoms with Gasteiger partial charge in [0.2, 0.25) is 0 Å². The lowest BCUT2D eigenvalue weighted by molar-refractivity contribution is -0.116. The van der Waals surface area contributed by atoms with E-state index in [4.69, 9.17) is 0 Å². The Balaban J connectivity index is 1.61. The first kappa shape index (κ1) is 17.3. The third kappa shape index (κ3) is 3.04. The van der Waals surface area contributed by atoms with E-state index in [1.807, 2.05) is 18.2 Å². The van der Waals surface area contributed by atoms with E-state index in [0.717, 1.165) is 29.1 Å². The Labute approximate surface area is 169 Å². The van der Waals surface area contributed by atoms with Gasteiger partial charge in [-0.25, -0.2) is 0 Å². The number of fused-ring (bicyclic) bond motifs is 1. The second-order valence-electron chi connectivity index (χ2n) is 7.53. The van der Waals surface area contributed by atoms with Gasteiger partial charge in [0.05, 0.1) is 17.4 Å². The summed E-state index contributed by atoms with van der Waals surface area (Å²) in [4.78, 5) is 15.8. The first-order valence-electron chi connectivity index (χ1n) is 9.69.